The van der Waals surface area contributed by atoms with Gasteiger partial charge in [-0.15, -0.1) is 11.3 Å². The number of carboxylic acid groups (broad SMARTS) is 1. The van der Waals surface area contributed by atoms with Gasteiger partial charge in [-0.25, -0.2) is 9.78 Å². The van der Waals surface area contributed by atoms with Gasteiger partial charge in [-0.2, -0.15) is 13.2 Å². The van der Waals surface area contributed by atoms with Crippen LogP contribution < -0.4 is 9.47 Å². The topological polar surface area (TPSA) is 68.7 Å². The maximum Gasteiger partial charge on any atom is 0.416 e. The van der Waals surface area contributed by atoms with E-state index in [2.05, 4.69) is 11.9 Å². The fourth-order valence-corrected chi connectivity index (χ4v) is 4.53. The molecule has 1 heterocycles. The Labute approximate surface area is 229 Å². The lowest BCUT2D eigenvalue weighted by Gasteiger charge is -2.10. The third-order valence-corrected chi connectivity index (χ3v) is 6.66. The molecular weight excluding hydrogens is 527 g/mol. The van der Waals surface area contributed by atoms with E-state index in [1.807, 2.05) is 36.4 Å². The first-order valence-corrected chi connectivity index (χ1v) is 13.2. The van der Waals surface area contributed by atoms with Gasteiger partial charge in [0.1, 0.15) is 23.1 Å². The van der Waals surface area contributed by atoms with Crippen molar-refractivity contribution in [3.63, 3.8) is 0 Å². The van der Waals surface area contributed by atoms with E-state index in [1.54, 1.807) is 25.1 Å². The molecule has 39 heavy (non-hydrogen) atoms. The molecule has 3 aromatic carbocycles. The number of carboxylic acids is 1. The van der Waals surface area contributed by atoms with Gasteiger partial charge in [0.2, 0.25) is 0 Å². The third-order valence-electron chi connectivity index (χ3n) is 5.54. The summed E-state index contributed by atoms with van der Waals surface area (Å²) in [6.07, 6.45) is -1.69. The molecular formula is C30H30F3NO4S. The number of unbranched alkanes of at least 4 members (excludes halogenated alkanes) is 1. The van der Waals surface area contributed by atoms with Crippen LogP contribution in [0.4, 0.5) is 13.2 Å². The van der Waals surface area contributed by atoms with Gasteiger partial charge in [-0.05, 0) is 55.7 Å². The van der Waals surface area contributed by atoms with Gasteiger partial charge >= 0.3 is 12.1 Å². The minimum atomic E-state index is -4.38. The van der Waals surface area contributed by atoms with Gasteiger partial charge in [0.15, 0.2) is 6.61 Å². The van der Waals surface area contributed by atoms with Crippen molar-refractivity contribution in [2.24, 2.45) is 0 Å². The van der Waals surface area contributed by atoms with Crippen LogP contribution in [0.3, 0.4) is 0 Å². The molecule has 0 spiro atoms. The SMILES string of the molecule is CCCCc1nc(-c2ccc(C(F)(F)F)cc2)sc1COc1ccc(OCC(=O)O)c(C)c1.c1ccccc1. The van der Waals surface area contributed by atoms with E-state index in [4.69, 9.17) is 14.6 Å². The van der Waals surface area contributed by atoms with Crippen LogP contribution in [0.2, 0.25) is 0 Å². The second-order valence-corrected chi connectivity index (χ2v) is 9.70. The number of hydrogen-bond donors (Lipinski definition) is 1. The second kappa shape index (κ2) is 14.3. The molecule has 0 radical (unpaired) electrons. The van der Waals surface area contributed by atoms with Crippen molar-refractivity contribution in [3.05, 3.63) is 101 Å². The quantitative estimate of drug-likeness (QED) is 0.213. The number of rotatable bonds is 10. The van der Waals surface area contributed by atoms with Gasteiger partial charge in [0, 0.05) is 5.56 Å². The van der Waals surface area contributed by atoms with Crippen LogP contribution in [0.1, 0.15) is 41.5 Å². The molecule has 5 nitrogen and oxygen atoms in total. The van der Waals surface area contributed by atoms with Crippen LogP contribution in [0.15, 0.2) is 78.9 Å². The predicted molar refractivity (Wildman–Crippen MR) is 146 cm³/mol. The van der Waals surface area contributed by atoms with Crippen molar-refractivity contribution >= 4 is 17.3 Å². The number of benzene rings is 3. The first kappa shape index (κ1) is 29.7. The van der Waals surface area contributed by atoms with Gasteiger partial charge < -0.3 is 14.6 Å². The Hall–Kier alpha value is -3.85. The number of hydrogen-bond acceptors (Lipinski definition) is 5. The molecule has 4 aromatic rings. The van der Waals surface area contributed by atoms with Crippen LogP contribution in [0.5, 0.6) is 11.5 Å². The van der Waals surface area contributed by atoms with Gasteiger partial charge in [-0.1, -0.05) is 61.9 Å². The van der Waals surface area contributed by atoms with Crippen LogP contribution in [-0.4, -0.2) is 22.7 Å². The predicted octanol–water partition coefficient (Wildman–Crippen LogP) is 8.21. The molecule has 0 amide bonds. The molecule has 4 rings (SSSR count). The lowest BCUT2D eigenvalue weighted by atomic mass is 10.1. The third kappa shape index (κ3) is 9.44. The fourth-order valence-electron chi connectivity index (χ4n) is 3.51. The number of aryl methyl sites for hydroxylation is 2. The summed E-state index contributed by atoms with van der Waals surface area (Å²) in [5.41, 5.74) is 1.57. The Morgan fingerprint density at radius 1 is 0.974 bits per heavy atom. The normalized spacial score (nSPS) is 10.9. The van der Waals surface area contributed by atoms with Crippen LogP contribution in [-0.2, 0) is 24.0 Å². The number of thiazole rings is 1. The summed E-state index contributed by atoms with van der Waals surface area (Å²) in [7, 11) is 0. The molecule has 0 unspecified atom stereocenters. The number of aliphatic carboxylic acids is 1. The molecule has 0 atom stereocenters. The maximum atomic E-state index is 12.9. The Kier molecular flexibility index (Phi) is 10.9. The highest BCUT2D eigenvalue weighted by atomic mass is 32.1. The molecule has 0 aliphatic rings. The smallest absolute Gasteiger partial charge is 0.416 e. The number of carbonyl (C=O) groups is 1. The molecule has 0 bridgehead atoms. The fraction of sp³-hybridized carbons (Fsp3) is 0.267. The molecule has 0 fully saturated rings. The van der Waals surface area contributed by atoms with Crippen LogP contribution in [0, 0.1) is 6.92 Å². The maximum absolute atomic E-state index is 12.9. The minimum Gasteiger partial charge on any atom is -0.488 e. The Bertz CT molecular complexity index is 1300. The van der Waals surface area contributed by atoms with E-state index < -0.39 is 24.3 Å². The Morgan fingerprint density at radius 2 is 1.62 bits per heavy atom. The number of halogens is 3. The first-order chi connectivity index (χ1) is 18.7. The molecule has 0 saturated carbocycles. The summed E-state index contributed by atoms with van der Waals surface area (Å²) in [4.78, 5) is 16.3. The zero-order valence-corrected chi connectivity index (χ0v) is 22.5. The van der Waals surface area contributed by atoms with Gasteiger partial charge in [-0.3, -0.25) is 0 Å². The summed E-state index contributed by atoms with van der Waals surface area (Å²) >= 11 is 1.41. The standard InChI is InChI=1S/C24H24F3NO4S.C6H6/c1-3-4-5-19-21(13-31-18-10-11-20(15(2)12-18)32-14-22(29)30)33-23(28-19)16-6-8-17(9-7-16)24(25,26)27;1-2-4-6-5-3-1/h6-12H,3-5,13-14H2,1-2H3,(H,29,30);1-6H. The highest BCUT2D eigenvalue weighted by molar-refractivity contribution is 7.15. The van der Waals surface area contributed by atoms with Gasteiger partial charge in [0.05, 0.1) is 16.1 Å². The number of ether oxygens (including phenoxy) is 2. The molecule has 0 aliphatic carbocycles. The summed E-state index contributed by atoms with van der Waals surface area (Å²) in [5, 5.41) is 9.40. The van der Waals surface area contributed by atoms with Crippen molar-refractivity contribution in [2.45, 2.75) is 45.9 Å². The second-order valence-electron chi connectivity index (χ2n) is 8.62. The largest absolute Gasteiger partial charge is 0.488 e. The summed E-state index contributed by atoms with van der Waals surface area (Å²) in [5.74, 6) is 0.0141. The highest BCUT2D eigenvalue weighted by Gasteiger charge is 2.30. The zero-order valence-electron chi connectivity index (χ0n) is 21.7. The Morgan fingerprint density at radius 3 is 2.15 bits per heavy atom. The lowest BCUT2D eigenvalue weighted by Crippen LogP contribution is -2.10. The number of aromatic nitrogens is 1. The van der Waals surface area contributed by atoms with Crippen molar-refractivity contribution in [2.75, 3.05) is 6.61 Å². The van der Waals surface area contributed by atoms with E-state index in [-0.39, 0.29) is 6.61 Å². The average Bonchev–Trinajstić information content (AvgIpc) is 3.34. The monoisotopic (exact) mass is 557 g/mol. The van der Waals surface area contributed by atoms with Gasteiger partial charge in [0.25, 0.3) is 0 Å². The Balaban J connectivity index is 0.000000617. The number of nitrogens with zero attached hydrogens (tertiary/aromatic N) is 1. The van der Waals surface area contributed by atoms with Crippen LogP contribution >= 0.6 is 11.3 Å². The van der Waals surface area contributed by atoms with E-state index in [0.717, 1.165) is 47.5 Å². The number of alkyl halides is 3. The van der Waals surface area contributed by atoms with Crippen LogP contribution in [0.25, 0.3) is 10.6 Å². The molecule has 0 aliphatic heterocycles. The van der Waals surface area contributed by atoms with E-state index in [9.17, 15) is 18.0 Å². The lowest BCUT2D eigenvalue weighted by molar-refractivity contribution is -0.139. The summed E-state index contributed by atoms with van der Waals surface area (Å²) in [6.45, 7) is 3.73. The minimum absolute atomic E-state index is 0.270. The molecule has 1 N–H and O–H groups in total. The van der Waals surface area contributed by atoms with Crippen molar-refractivity contribution < 1.29 is 32.5 Å². The van der Waals surface area contributed by atoms with E-state index >= 15 is 0 Å². The summed E-state index contributed by atoms with van der Waals surface area (Å²) < 4.78 is 49.7. The van der Waals surface area contributed by atoms with Crippen molar-refractivity contribution in [1.29, 1.82) is 0 Å². The van der Waals surface area contributed by atoms with E-state index in [1.165, 1.54) is 23.5 Å². The summed E-state index contributed by atoms with van der Waals surface area (Å²) in [6, 6.07) is 22.1. The highest BCUT2D eigenvalue weighted by Crippen LogP contribution is 2.34. The zero-order chi connectivity index (χ0) is 28.3. The van der Waals surface area contributed by atoms with E-state index in [0.29, 0.717) is 22.1 Å². The van der Waals surface area contributed by atoms with Crippen molar-refractivity contribution in [3.8, 4) is 22.1 Å². The average molecular weight is 558 g/mol. The first-order valence-electron chi connectivity index (χ1n) is 12.4. The molecule has 9 heteroatoms. The molecule has 206 valence electrons. The molecule has 1 aromatic heterocycles. The molecule has 0 saturated heterocycles. The van der Waals surface area contributed by atoms with Crippen molar-refractivity contribution in [1.82, 2.24) is 4.98 Å².